The molecule has 9 nitrogen and oxygen atoms in total. The second-order valence-corrected chi connectivity index (χ2v) is 7.65. The van der Waals surface area contributed by atoms with E-state index in [1.165, 1.54) is 12.8 Å². The van der Waals surface area contributed by atoms with Gasteiger partial charge in [0.2, 0.25) is 5.95 Å². The van der Waals surface area contributed by atoms with Crippen molar-refractivity contribution in [3.8, 4) is 24.2 Å². The van der Waals surface area contributed by atoms with Crippen molar-refractivity contribution in [2.75, 3.05) is 23.8 Å². The Balaban J connectivity index is 0.000000882. The largest absolute Gasteiger partial charge is 0.369 e. The molecule has 6 heterocycles. The van der Waals surface area contributed by atoms with E-state index in [-0.39, 0.29) is 12.1 Å². The van der Waals surface area contributed by atoms with Gasteiger partial charge in [0.15, 0.2) is 22.8 Å². The summed E-state index contributed by atoms with van der Waals surface area (Å²) in [7, 11) is 0. The summed E-state index contributed by atoms with van der Waals surface area (Å²) in [5, 5.41) is 0. The molecule has 1 saturated carbocycles. The third kappa shape index (κ3) is 2.71. The standard InChI is InChI=1S/C18H20N8O.C2H2/c1-9-15-22-13-16(25(15)2-3-27-9)23-14(11-6-20-18(19)21-7-11)24-17(13)26-8-10-4-12(26)5-10;1-2/h6-7,9-10,12H,2-5,8H2,1H3,(H2,19,20,21);1-2H/t9-,10?,12?;/m1./s1. The minimum absolute atomic E-state index is 0.0450. The van der Waals surface area contributed by atoms with Crippen molar-refractivity contribution in [1.29, 1.82) is 0 Å². The molecule has 3 aromatic rings. The molecular formula is C20H22N8O. The number of nitrogens with two attached hydrogens (primary N) is 1. The van der Waals surface area contributed by atoms with Crippen LogP contribution in [0.5, 0.6) is 0 Å². The zero-order chi connectivity index (χ0) is 20.1. The van der Waals surface area contributed by atoms with Gasteiger partial charge < -0.3 is 19.9 Å². The topological polar surface area (TPSA) is 108 Å². The van der Waals surface area contributed by atoms with Crippen LogP contribution in [0.2, 0.25) is 0 Å². The minimum atomic E-state index is -0.0450. The van der Waals surface area contributed by atoms with Crippen molar-refractivity contribution in [2.24, 2.45) is 5.92 Å². The van der Waals surface area contributed by atoms with Crippen LogP contribution in [0.4, 0.5) is 11.8 Å². The fourth-order valence-electron chi connectivity index (χ4n) is 4.50. The van der Waals surface area contributed by atoms with E-state index in [2.05, 4.69) is 32.3 Å². The Hall–Kier alpha value is -3.25. The predicted molar refractivity (Wildman–Crippen MR) is 109 cm³/mol. The van der Waals surface area contributed by atoms with Gasteiger partial charge in [0.25, 0.3) is 0 Å². The van der Waals surface area contributed by atoms with E-state index >= 15 is 0 Å². The highest BCUT2D eigenvalue weighted by Crippen LogP contribution is 2.44. The maximum Gasteiger partial charge on any atom is 0.219 e. The number of aromatic nitrogens is 6. The van der Waals surface area contributed by atoms with Crippen LogP contribution in [0.25, 0.3) is 22.6 Å². The number of terminal acetylenes is 1. The Morgan fingerprint density at radius 2 is 1.90 bits per heavy atom. The van der Waals surface area contributed by atoms with Crippen molar-refractivity contribution >= 4 is 22.9 Å². The SMILES string of the molecule is C#C.C[C@H]1OCCn2c1nc1c(N3CC4CC3C4)nc(-c3cnc(N)nc3)nc12. The maximum absolute atomic E-state index is 5.78. The minimum Gasteiger partial charge on any atom is -0.369 e. The molecule has 0 radical (unpaired) electrons. The Bertz CT molecular complexity index is 1080. The van der Waals surface area contributed by atoms with E-state index in [1.54, 1.807) is 12.4 Å². The third-order valence-corrected chi connectivity index (χ3v) is 5.96. The number of hydrogen-bond donors (Lipinski definition) is 1. The highest BCUT2D eigenvalue weighted by Gasteiger charge is 2.44. The van der Waals surface area contributed by atoms with Crippen LogP contribution in [0.3, 0.4) is 0 Å². The van der Waals surface area contributed by atoms with E-state index in [9.17, 15) is 0 Å². The monoisotopic (exact) mass is 390 g/mol. The van der Waals surface area contributed by atoms with Crippen molar-refractivity contribution in [2.45, 2.75) is 38.5 Å². The molecule has 3 fully saturated rings. The summed E-state index contributed by atoms with van der Waals surface area (Å²) < 4.78 is 7.94. The fraction of sp³-hybridized carbons (Fsp3) is 0.450. The van der Waals surface area contributed by atoms with Crippen molar-refractivity contribution in [3.05, 3.63) is 18.2 Å². The molecule has 2 bridgehead atoms. The van der Waals surface area contributed by atoms with E-state index in [0.29, 0.717) is 18.5 Å². The molecule has 9 heteroatoms. The van der Waals surface area contributed by atoms with Crippen LogP contribution in [0.1, 0.15) is 31.7 Å². The quantitative estimate of drug-likeness (QED) is 0.660. The number of imidazole rings is 1. The maximum atomic E-state index is 5.78. The Morgan fingerprint density at radius 1 is 1.14 bits per heavy atom. The van der Waals surface area contributed by atoms with Gasteiger partial charge in [-0.25, -0.2) is 24.9 Å². The van der Waals surface area contributed by atoms with Gasteiger partial charge in [0.05, 0.1) is 12.2 Å². The molecule has 4 aliphatic rings. The van der Waals surface area contributed by atoms with Gasteiger partial charge >= 0.3 is 0 Å². The molecule has 2 N–H and O–H groups in total. The first-order chi connectivity index (χ1) is 14.2. The van der Waals surface area contributed by atoms with Gasteiger partial charge in [-0.3, -0.25) is 0 Å². The molecule has 0 amide bonds. The predicted octanol–water partition coefficient (Wildman–Crippen LogP) is 1.80. The van der Waals surface area contributed by atoms with Crippen LogP contribution in [-0.2, 0) is 11.3 Å². The number of nitrogens with zero attached hydrogens (tertiary/aromatic N) is 7. The number of nitrogen functional groups attached to an aromatic ring is 1. The number of rotatable bonds is 2. The summed E-state index contributed by atoms with van der Waals surface area (Å²) in [5.74, 6) is 3.48. The van der Waals surface area contributed by atoms with Gasteiger partial charge in [-0.2, -0.15) is 0 Å². The molecule has 148 valence electrons. The molecular weight excluding hydrogens is 368 g/mol. The van der Waals surface area contributed by atoms with Crippen molar-refractivity contribution in [3.63, 3.8) is 0 Å². The zero-order valence-corrected chi connectivity index (χ0v) is 16.2. The van der Waals surface area contributed by atoms with E-state index in [1.807, 2.05) is 6.92 Å². The number of fused-ring (bicyclic) bond motifs is 4. The van der Waals surface area contributed by atoms with Gasteiger partial charge in [0.1, 0.15) is 11.9 Å². The molecule has 3 aliphatic heterocycles. The zero-order valence-electron chi connectivity index (χ0n) is 16.2. The van der Waals surface area contributed by atoms with Crippen LogP contribution in [0, 0.1) is 18.8 Å². The van der Waals surface area contributed by atoms with Crippen LogP contribution in [0.15, 0.2) is 12.4 Å². The van der Waals surface area contributed by atoms with Crippen molar-refractivity contribution < 1.29 is 4.74 Å². The number of ether oxygens (including phenoxy) is 1. The molecule has 2 saturated heterocycles. The van der Waals surface area contributed by atoms with E-state index in [0.717, 1.165) is 47.4 Å². The molecule has 0 spiro atoms. The van der Waals surface area contributed by atoms with E-state index in [4.69, 9.17) is 25.4 Å². The lowest BCUT2D eigenvalue weighted by Crippen LogP contribution is -2.29. The molecule has 0 unspecified atom stereocenters. The lowest BCUT2D eigenvalue weighted by molar-refractivity contribution is 0.0304. The van der Waals surface area contributed by atoms with Gasteiger partial charge in [-0.15, -0.1) is 12.8 Å². The Morgan fingerprint density at radius 3 is 2.59 bits per heavy atom. The smallest absolute Gasteiger partial charge is 0.219 e. The average Bonchev–Trinajstić information content (AvgIpc) is 3.42. The first kappa shape index (κ1) is 17.8. The fourth-order valence-corrected chi connectivity index (χ4v) is 4.50. The Kier molecular flexibility index (Phi) is 4.10. The highest BCUT2D eigenvalue weighted by atomic mass is 16.5. The number of anilines is 2. The first-order valence-electron chi connectivity index (χ1n) is 9.75. The van der Waals surface area contributed by atoms with Gasteiger partial charge in [0, 0.05) is 31.5 Å². The van der Waals surface area contributed by atoms with Crippen LogP contribution in [-0.4, -0.2) is 48.7 Å². The first-order valence-corrected chi connectivity index (χ1v) is 9.75. The average molecular weight is 390 g/mol. The lowest BCUT2D eigenvalue weighted by atomic mass is 9.86. The van der Waals surface area contributed by atoms with Crippen LogP contribution < -0.4 is 10.6 Å². The lowest BCUT2D eigenvalue weighted by Gasteiger charge is -2.26. The molecule has 7 rings (SSSR count). The summed E-state index contributed by atoms with van der Waals surface area (Å²) in [5.41, 5.74) is 8.13. The third-order valence-electron chi connectivity index (χ3n) is 5.96. The van der Waals surface area contributed by atoms with Gasteiger partial charge in [-0.1, -0.05) is 0 Å². The Labute approximate surface area is 168 Å². The second kappa shape index (κ2) is 6.67. The van der Waals surface area contributed by atoms with Gasteiger partial charge in [-0.05, 0) is 25.7 Å². The molecule has 0 aromatic carbocycles. The molecule has 1 atom stereocenters. The summed E-state index contributed by atoms with van der Waals surface area (Å²) >= 11 is 0. The molecule has 3 aromatic heterocycles. The van der Waals surface area contributed by atoms with E-state index < -0.39 is 0 Å². The summed E-state index contributed by atoms with van der Waals surface area (Å²) in [6.07, 6.45) is 13.8. The summed E-state index contributed by atoms with van der Waals surface area (Å²) in [6, 6.07) is 0.566. The molecule has 29 heavy (non-hydrogen) atoms. The summed E-state index contributed by atoms with van der Waals surface area (Å²) in [4.78, 5) is 25.3. The van der Waals surface area contributed by atoms with Crippen LogP contribution >= 0.6 is 0 Å². The number of hydrogen-bond acceptors (Lipinski definition) is 8. The van der Waals surface area contributed by atoms with Crippen molar-refractivity contribution in [1.82, 2.24) is 29.5 Å². The highest BCUT2D eigenvalue weighted by molar-refractivity contribution is 5.87. The molecule has 1 aliphatic carbocycles. The second-order valence-electron chi connectivity index (χ2n) is 7.65. The summed E-state index contributed by atoms with van der Waals surface area (Å²) in [6.45, 7) is 4.48. The normalized spacial score (nSPS) is 24.5.